The van der Waals surface area contributed by atoms with Crippen LogP contribution in [0.5, 0.6) is 0 Å². The Morgan fingerprint density at radius 1 is 1.46 bits per heavy atom. The second-order valence-electron chi connectivity index (χ2n) is 7.60. The lowest BCUT2D eigenvalue weighted by molar-refractivity contribution is -0.166. The van der Waals surface area contributed by atoms with Crippen molar-refractivity contribution < 1.29 is 14.3 Å². The zero-order valence-corrected chi connectivity index (χ0v) is 16.3. The first-order valence-corrected chi connectivity index (χ1v) is 10.2. The molecule has 1 aliphatic heterocycles. The van der Waals surface area contributed by atoms with Crippen molar-refractivity contribution in [1.29, 1.82) is 0 Å². The number of carbonyl (C=O) groups is 1. The van der Waals surface area contributed by atoms with Gasteiger partial charge in [0.15, 0.2) is 0 Å². The highest BCUT2D eigenvalue weighted by Gasteiger charge is 2.38. The molecule has 0 spiro atoms. The molecule has 0 aromatic carbocycles. The van der Waals surface area contributed by atoms with Crippen molar-refractivity contribution in [3.63, 3.8) is 0 Å². The van der Waals surface area contributed by atoms with Gasteiger partial charge in [0, 0.05) is 11.9 Å². The summed E-state index contributed by atoms with van der Waals surface area (Å²) in [7, 11) is 0. The van der Waals surface area contributed by atoms with Gasteiger partial charge in [-0.15, -0.1) is 11.8 Å². The third-order valence-electron chi connectivity index (χ3n) is 5.25. The van der Waals surface area contributed by atoms with E-state index in [9.17, 15) is 9.59 Å². The van der Waals surface area contributed by atoms with E-state index in [-0.39, 0.29) is 17.9 Å². The molecule has 8 heteroatoms. The molecule has 7 nitrogen and oxygen atoms in total. The largest absolute Gasteiger partial charge is 0.459 e. The highest BCUT2D eigenvalue weighted by molar-refractivity contribution is 8.00. The summed E-state index contributed by atoms with van der Waals surface area (Å²) in [4.78, 5) is 28.3. The molecular weight excluding hydrogens is 354 g/mol. The fourth-order valence-electron chi connectivity index (χ4n) is 3.76. The van der Waals surface area contributed by atoms with Gasteiger partial charge in [-0.05, 0) is 36.7 Å². The van der Waals surface area contributed by atoms with Gasteiger partial charge < -0.3 is 15.2 Å². The summed E-state index contributed by atoms with van der Waals surface area (Å²) in [5, 5.41) is 0. The lowest BCUT2D eigenvalue weighted by Gasteiger charge is -2.37. The van der Waals surface area contributed by atoms with E-state index >= 15 is 0 Å². The third-order valence-corrected chi connectivity index (χ3v) is 6.34. The molecule has 3 rings (SSSR count). The average molecular weight is 381 g/mol. The standard InChI is InChI=1S/C18H27N3O4S/c1-10(2)12-5-4-11(3)8-13(12)24-16(22)17-25-15(9-26-17)21-7-6-14(19)20-18(21)23/h6-7,10-13,15,17H,4-5,8-9H2,1-3H3,(H2,19,20,23)/t11-,12-,13-,15-,17+/m1/s1. The molecule has 2 N–H and O–H groups in total. The highest BCUT2D eigenvalue weighted by atomic mass is 32.2. The maximum atomic E-state index is 12.6. The maximum Gasteiger partial charge on any atom is 0.351 e. The Morgan fingerprint density at radius 2 is 2.23 bits per heavy atom. The first-order valence-electron chi connectivity index (χ1n) is 9.17. The van der Waals surface area contributed by atoms with Crippen molar-refractivity contribution in [2.24, 2.45) is 17.8 Å². The van der Waals surface area contributed by atoms with Crippen LogP contribution in [-0.2, 0) is 14.3 Å². The molecule has 2 aliphatic rings. The molecule has 144 valence electrons. The van der Waals surface area contributed by atoms with E-state index in [0.717, 1.165) is 12.8 Å². The smallest absolute Gasteiger partial charge is 0.351 e. The Hall–Kier alpha value is -1.54. The van der Waals surface area contributed by atoms with Gasteiger partial charge in [0.1, 0.15) is 18.1 Å². The van der Waals surface area contributed by atoms with Gasteiger partial charge in [0.25, 0.3) is 0 Å². The molecule has 2 fully saturated rings. The van der Waals surface area contributed by atoms with E-state index in [4.69, 9.17) is 15.2 Å². The fraction of sp³-hybridized carbons (Fsp3) is 0.722. The second kappa shape index (κ2) is 8.00. The van der Waals surface area contributed by atoms with Crippen LogP contribution in [-0.4, -0.2) is 32.8 Å². The first kappa shape index (κ1) is 19.2. The van der Waals surface area contributed by atoms with Crippen LogP contribution in [0.2, 0.25) is 0 Å². The van der Waals surface area contributed by atoms with Gasteiger partial charge in [-0.2, -0.15) is 4.98 Å². The summed E-state index contributed by atoms with van der Waals surface area (Å²) in [5.74, 6) is 1.73. The van der Waals surface area contributed by atoms with Crippen molar-refractivity contribution in [2.45, 2.75) is 57.8 Å². The van der Waals surface area contributed by atoms with E-state index in [1.807, 2.05) is 0 Å². The van der Waals surface area contributed by atoms with Gasteiger partial charge in [-0.3, -0.25) is 4.57 Å². The summed E-state index contributed by atoms with van der Waals surface area (Å²) < 4.78 is 13.0. The van der Waals surface area contributed by atoms with E-state index in [0.29, 0.717) is 23.5 Å². The van der Waals surface area contributed by atoms with E-state index in [2.05, 4.69) is 25.8 Å². The third kappa shape index (κ3) is 4.23. The number of nitrogens with zero attached hydrogens (tertiary/aromatic N) is 2. The number of hydrogen-bond acceptors (Lipinski definition) is 7. The molecule has 0 bridgehead atoms. The molecule has 26 heavy (non-hydrogen) atoms. The van der Waals surface area contributed by atoms with Crippen LogP contribution in [0, 0.1) is 17.8 Å². The molecule has 0 unspecified atom stereocenters. The van der Waals surface area contributed by atoms with Crippen molar-refractivity contribution in [3.05, 3.63) is 22.7 Å². The second-order valence-corrected chi connectivity index (χ2v) is 8.69. The Balaban J connectivity index is 1.63. The van der Waals surface area contributed by atoms with Crippen LogP contribution in [0.25, 0.3) is 0 Å². The summed E-state index contributed by atoms with van der Waals surface area (Å²) in [5.41, 5.74) is 4.32. The molecular formula is C18H27N3O4S. The Bertz CT molecular complexity index is 708. The normalized spacial score (nSPS) is 31.9. The number of nitrogen functional groups attached to an aromatic ring is 1. The molecule has 0 radical (unpaired) electrons. The monoisotopic (exact) mass is 381 g/mol. The molecule has 1 aromatic rings. The van der Waals surface area contributed by atoms with E-state index in [1.54, 1.807) is 6.20 Å². The minimum absolute atomic E-state index is 0.0598. The number of carbonyl (C=O) groups excluding carboxylic acids is 1. The predicted octanol–water partition coefficient (Wildman–Crippen LogP) is 2.42. The van der Waals surface area contributed by atoms with Crippen LogP contribution < -0.4 is 11.4 Å². The Labute approximate surface area is 157 Å². The lowest BCUT2D eigenvalue weighted by Crippen LogP contribution is -2.38. The van der Waals surface area contributed by atoms with Crippen molar-refractivity contribution in [2.75, 3.05) is 11.5 Å². The number of anilines is 1. The topological polar surface area (TPSA) is 96.4 Å². The maximum absolute atomic E-state index is 12.6. The zero-order valence-electron chi connectivity index (χ0n) is 15.5. The van der Waals surface area contributed by atoms with Crippen molar-refractivity contribution in [1.82, 2.24) is 9.55 Å². The minimum Gasteiger partial charge on any atom is -0.459 e. The van der Waals surface area contributed by atoms with Crippen molar-refractivity contribution in [3.8, 4) is 0 Å². The molecule has 1 aromatic heterocycles. The number of esters is 1. The Morgan fingerprint density at radius 3 is 2.92 bits per heavy atom. The molecule has 2 heterocycles. The quantitative estimate of drug-likeness (QED) is 0.800. The number of thioether (sulfide) groups is 1. The highest BCUT2D eigenvalue weighted by Crippen LogP contribution is 2.37. The van der Waals surface area contributed by atoms with Crippen LogP contribution in [0.1, 0.15) is 46.3 Å². The molecule has 0 amide bonds. The zero-order chi connectivity index (χ0) is 18.8. The van der Waals surface area contributed by atoms with E-state index in [1.165, 1.54) is 28.8 Å². The molecule has 1 aliphatic carbocycles. The van der Waals surface area contributed by atoms with Crippen molar-refractivity contribution >= 4 is 23.5 Å². The van der Waals surface area contributed by atoms with Crippen LogP contribution >= 0.6 is 11.8 Å². The number of hydrogen-bond donors (Lipinski definition) is 1. The van der Waals surface area contributed by atoms with Gasteiger partial charge >= 0.3 is 11.7 Å². The molecule has 1 saturated carbocycles. The van der Waals surface area contributed by atoms with Gasteiger partial charge in [-0.1, -0.05) is 27.2 Å². The number of nitrogens with two attached hydrogens (primary N) is 1. The SMILES string of the molecule is CC(C)[C@H]1CC[C@@H](C)C[C@H]1OC(=O)[C@H]1O[C@@H](n2ccc(N)nc2=O)CS1. The summed E-state index contributed by atoms with van der Waals surface area (Å²) in [6.45, 7) is 6.56. The Kier molecular flexibility index (Phi) is 5.92. The summed E-state index contributed by atoms with van der Waals surface area (Å²) in [6, 6.07) is 1.54. The van der Waals surface area contributed by atoms with Gasteiger partial charge in [0.05, 0.1) is 0 Å². The average Bonchev–Trinajstić information content (AvgIpc) is 3.04. The summed E-state index contributed by atoms with van der Waals surface area (Å²) >= 11 is 1.35. The number of rotatable bonds is 4. The van der Waals surface area contributed by atoms with Crippen LogP contribution in [0.3, 0.4) is 0 Å². The fourth-order valence-corrected chi connectivity index (χ4v) is 4.74. The lowest BCUT2D eigenvalue weighted by atomic mass is 9.75. The minimum atomic E-state index is -0.713. The summed E-state index contributed by atoms with van der Waals surface area (Å²) in [6.07, 6.45) is 4.11. The van der Waals surface area contributed by atoms with Crippen LogP contribution in [0.15, 0.2) is 17.1 Å². The van der Waals surface area contributed by atoms with Gasteiger partial charge in [-0.25, -0.2) is 9.59 Å². The first-order chi connectivity index (χ1) is 12.3. The predicted molar refractivity (Wildman–Crippen MR) is 101 cm³/mol. The van der Waals surface area contributed by atoms with Gasteiger partial charge in [0.2, 0.25) is 5.44 Å². The molecule has 1 saturated heterocycles. The van der Waals surface area contributed by atoms with Crippen LogP contribution in [0.4, 0.5) is 5.82 Å². The number of aromatic nitrogens is 2. The molecule has 5 atom stereocenters. The number of ether oxygens (including phenoxy) is 2. The van der Waals surface area contributed by atoms with E-state index < -0.39 is 17.4 Å².